The molecule has 1 spiro atoms. The third kappa shape index (κ3) is 3.52. The van der Waals surface area contributed by atoms with Gasteiger partial charge in [-0.25, -0.2) is 4.39 Å². The number of hydrogen-bond acceptors (Lipinski definition) is 5. The maximum absolute atomic E-state index is 14.7. The molecular weight excluding hydrogens is 531 g/mol. The number of halogens is 1. The number of benzene rings is 4. The highest BCUT2D eigenvalue weighted by molar-refractivity contribution is 6.18. The van der Waals surface area contributed by atoms with E-state index in [1.54, 1.807) is 31.4 Å². The molecule has 0 aliphatic carbocycles. The van der Waals surface area contributed by atoms with Crippen LogP contribution in [0.25, 0.3) is 5.57 Å². The van der Waals surface area contributed by atoms with Gasteiger partial charge >= 0.3 is 0 Å². The summed E-state index contributed by atoms with van der Waals surface area (Å²) in [6.45, 7) is 1.98. The van der Waals surface area contributed by atoms with Crippen LogP contribution in [0.15, 0.2) is 103 Å². The zero-order valence-corrected chi connectivity index (χ0v) is 23.0. The number of fused-ring (bicyclic) bond motifs is 6. The lowest BCUT2D eigenvalue weighted by molar-refractivity contribution is -0.121. The van der Waals surface area contributed by atoms with E-state index in [2.05, 4.69) is 5.32 Å². The Morgan fingerprint density at radius 3 is 2.24 bits per heavy atom. The molecule has 208 valence electrons. The number of amides is 1. The summed E-state index contributed by atoms with van der Waals surface area (Å²) in [5.41, 5.74) is 3.14. The zero-order valence-electron chi connectivity index (χ0n) is 23.0. The second kappa shape index (κ2) is 9.52. The van der Waals surface area contributed by atoms with Crippen molar-refractivity contribution in [3.8, 4) is 5.75 Å². The lowest BCUT2D eigenvalue weighted by Crippen LogP contribution is -2.51. The number of methoxy groups -OCH3 is 1. The van der Waals surface area contributed by atoms with Crippen molar-refractivity contribution in [3.63, 3.8) is 0 Å². The Balaban J connectivity index is 1.53. The summed E-state index contributed by atoms with van der Waals surface area (Å²) in [6, 6.07) is 25.5. The molecule has 42 heavy (non-hydrogen) atoms. The molecule has 0 saturated carbocycles. The number of nitrogens with zero attached hydrogens (tertiary/aromatic N) is 1. The Kier molecular flexibility index (Phi) is 5.87. The van der Waals surface area contributed by atoms with E-state index in [0.717, 1.165) is 16.8 Å². The Hall–Kier alpha value is -5.04. The number of anilines is 2. The molecule has 7 rings (SSSR count). The first-order chi connectivity index (χ1) is 20.4. The van der Waals surface area contributed by atoms with Crippen molar-refractivity contribution in [2.75, 3.05) is 17.3 Å². The molecule has 1 fully saturated rings. The molecule has 1 amide bonds. The molecule has 0 aromatic heterocycles. The summed E-state index contributed by atoms with van der Waals surface area (Å²) >= 11 is 0. The largest absolute Gasteiger partial charge is 0.497 e. The lowest BCUT2D eigenvalue weighted by Gasteiger charge is -2.39. The minimum absolute atomic E-state index is 0.235. The third-order valence-electron chi connectivity index (χ3n) is 8.94. The van der Waals surface area contributed by atoms with Crippen LogP contribution in [0.5, 0.6) is 5.75 Å². The maximum atomic E-state index is 14.7. The molecule has 1 N–H and O–H groups in total. The van der Waals surface area contributed by atoms with E-state index < -0.39 is 35.0 Å². The Bertz CT molecular complexity index is 1800. The summed E-state index contributed by atoms with van der Waals surface area (Å²) < 4.78 is 19.3. The van der Waals surface area contributed by atoms with Crippen molar-refractivity contribution >= 4 is 34.4 Å². The lowest BCUT2D eigenvalue weighted by atomic mass is 9.64. The van der Waals surface area contributed by atoms with Crippen LogP contribution in [0, 0.1) is 11.7 Å². The van der Waals surface area contributed by atoms with Crippen LogP contribution in [-0.4, -0.2) is 36.7 Å². The van der Waals surface area contributed by atoms with Crippen LogP contribution in [-0.2, 0) is 10.2 Å². The second-order valence-corrected chi connectivity index (χ2v) is 11.0. The summed E-state index contributed by atoms with van der Waals surface area (Å²) in [6.07, 6.45) is 2.01. The van der Waals surface area contributed by atoms with E-state index in [4.69, 9.17) is 4.74 Å². The minimum atomic E-state index is -1.43. The number of ether oxygens (including phenoxy) is 1. The summed E-state index contributed by atoms with van der Waals surface area (Å²) in [5, 5.41) is 3.03. The highest BCUT2D eigenvalue weighted by Gasteiger charge is 2.70. The minimum Gasteiger partial charge on any atom is -0.497 e. The fourth-order valence-corrected chi connectivity index (χ4v) is 7.11. The van der Waals surface area contributed by atoms with Crippen LogP contribution in [0.3, 0.4) is 0 Å². The van der Waals surface area contributed by atoms with E-state index >= 15 is 0 Å². The fraction of sp³-hybridized carbons (Fsp3) is 0.171. The highest BCUT2D eigenvalue weighted by atomic mass is 19.1. The molecule has 0 unspecified atom stereocenters. The van der Waals surface area contributed by atoms with E-state index in [-0.39, 0.29) is 17.3 Å². The molecule has 4 aromatic carbocycles. The predicted octanol–water partition coefficient (Wildman–Crippen LogP) is 6.08. The van der Waals surface area contributed by atoms with E-state index in [1.165, 1.54) is 24.3 Å². The Labute approximate surface area is 242 Å². The molecule has 4 aromatic rings. The SMILES string of the molecule is COc1ccc(C(=O)[C@H]2[C@@H](C(=O)c3ccc(F)cc3)[C@@]3(C(=O)Nc4ccccc43)[C@H]3C=C(C)c4ccccc4N23)cc1. The monoisotopic (exact) mass is 558 g/mol. The molecule has 1 saturated heterocycles. The summed E-state index contributed by atoms with van der Waals surface area (Å²) in [5.74, 6) is -2.04. The highest BCUT2D eigenvalue weighted by Crippen LogP contribution is 2.58. The van der Waals surface area contributed by atoms with Crippen LogP contribution in [0.2, 0.25) is 0 Å². The van der Waals surface area contributed by atoms with Crippen molar-refractivity contribution in [2.24, 2.45) is 5.92 Å². The van der Waals surface area contributed by atoms with E-state index in [0.29, 0.717) is 22.6 Å². The van der Waals surface area contributed by atoms with Gasteiger partial charge in [-0.05, 0) is 78.7 Å². The Morgan fingerprint density at radius 2 is 1.50 bits per heavy atom. The molecule has 3 aliphatic heterocycles. The van der Waals surface area contributed by atoms with E-state index in [1.807, 2.05) is 66.4 Å². The average Bonchev–Trinajstić information content (AvgIpc) is 3.49. The van der Waals surface area contributed by atoms with Gasteiger partial charge in [-0.3, -0.25) is 14.4 Å². The summed E-state index contributed by atoms with van der Waals surface area (Å²) in [7, 11) is 1.55. The smallest absolute Gasteiger partial charge is 0.238 e. The zero-order chi connectivity index (χ0) is 29.2. The molecule has 7 heteroatoms. The summed E-state index contributed by atoms with van der Waals surface area (Å²) in [4.78, 5) is 45.8. The number of carbonyl (C=O) groups is 3. The number of Topliss-reactive ketones (excluding diaryl/α,β-unsaturated/α-hetero) is 2. The normalized spacial score (nSPS) is 23.5. The molecule has 0 bridgehead atoms. The topological polar surface area (TPSA) is 75.7 Å². The molecule has 0 radical (unpaired) electrons. The van der Waals surface area contributed by atoms with Gasteiger partial charge in [0.15, 0.2) is 11.6 Å². The van der Waals surface area contributed by atoms with Gasteiger partial charge in [0, 0.05) is 28.1 Å². The molecule has 3 heterocycles. The van der Waals surface area contributed by atoms with Gasteiger partial charge in [-0.2, -0.15) is 0 Å². The van der Waals surface area contributed by atoms with Crippen molar-refractivity contribution in [1.29, 1.82) is 0 Å². The quantitative estimate of drug-likeness (QED) is 0.301. The molecule has 3 aliphatic rings. The van der Waals surface area contributed by atoms with Gasteiger partial charge in [0.05, 0.1) is 19.1 Å². The van der Waals surface area contributed by atoms with Crippen molar-refractivity contribution < 1.29 is 23.5 Å². The standard InChI is InChI=1S/C35H27FN2O4/c1-20-19-29-35(26-8-4-5-9-27(26)37-34(35)41)30(32(39)21-11-15-23(36)16-12-21)31(38(29)28-10-6-3-7-25(20)28)33(40)22-13-17-24(42-2)18-14-22/h3-19,29-31H,1-2H3,(H,37,41)/t29-,30+,31-,35+/m1/s1. The maximum Gasteiger partial charge on any atom is 0.238 e. The predicted molar refractivity (Wildman–Crippen MR) is 158 cm³/mol. The van der Waals surface area contributed by atoms with Crippen molar-refractivity contribution in [2.45, 2.75) is 24.4 Å². The first-order valence-corrected chi connectivity index (χ1v) is 13.8. The number of para-hydroxylation sites is 2. The first kappa shape index (κ1) is 25.9. The number of nitrogens with one attached hydrogen (secondary N) is 1. The number of carbonyl (C=O) groups excluding carboxylic acids is 3. The van der Waals surface area contributed by atoms with Gasteiger partial charge in [0.25, 0.3) is 0 Å². The van der Waals surface area contributed by atoms with E-state index in [9.17, 15) is 18.8 Å². The average molecular weight is 559 g/mol. The number of allylic oxidation sites excluding steroid dienone is 1. The van der Waals surface area contributed by atoms with Gasteiger partial charge in [-0.15, -0.1) is 0 Å². The first-order valence-electron chi connectivity index (χ1n) is 13.8. The van der Waals surface area contributed by atoms with Crippen molar-refractivity contribution in [3.05, 3.63) is 131 Å². The number of ketones is 2. The van der Waals surface area contributed by atoms with Gasteiger partial charge < -0.3 is 15.0 Å². The molecule has 4 atom stereocenters. The van der Waals surface area contributed by atoms with Crippen LogP contribution >= 0.6 is 0 Å². The fourth-order valence-electron chi connectivity index (χ4n) is 7.11. The van der Waals surface area contributed by atoms with Crippen molar-refractivity contribution in [1.82, 2.24) is 0 Å². The number of rotatable bonds is 5. The second-order valence-electron chi connectivity index (χ2n) is 11.0. The number of hydrogen-bond donors (Lipinski definition) is 1. The van der Waals surface area contributed by atoms with Crippen LogP contribution < -0.4 is 15.0 Å². The van der Waals surface area contributed by atoms with Gasteiger partial charge in [0.1, 0.15) is 23.0 Å². The Morgan fingerprint density at radius 1 is 0.857 bits per heavy atom. The van der Waals surface area contributed by atoms with Gasteiger partial charge in [0.2, 0.25) is 5.91 Å². The van der Waals surface area contributed by atoms with Gasteiger partial charge in [-0.1, -0.05) is 42.5 Å². The van der Waals surface area contributed by atoms with Crippen LogP contribution in [0.4, 0.5) is 15.8 Å². The molecule has 6 nitrogen and oxygen atoms in total. The molecular formula is C35H27FN2O4. The third-order valence-corrected chi connectivity index (χ3v) is 8.94. The van der Waals surface area contributed by atoms with Crippen LogP contribution in [0.1, 0.15) is 38.8 Å².